The van der Waals surface area contributed by atoms with Crippen molar-refractivity contribution in [3.05, 3.63) is 51.1 Å². The van der Waals surface area contributed by atoms with Crippen LogP contribution in [0, 0.1) is 0 Å². The van der Waals surface area contributed by atoms with Crippen molar-refractivity contribution in [2.24, 2.45) is 7.05 Å². The quantitative estimate of drug-likeness (QED) is 0.725. The summed E-state index contributed by atoms with van der Waals surface area (Å²) in [5, 5.41) is 4.57. The molecule has 0 spiro atoms. The number of methoxy groups -OCH3 is 1. The van der Waals surface area contributed by atoms with Gasteiger partial charge in [0.15, 0.2) is 5.65 Å². The van der Waals surface area contributed by atoms with Gasteiger partial charge in [-0.1, -0.05) is 15.9 Å². The van der Waals surface area contributed by atoms with E-state index in [1.54, 1.807) is 29.6 Å². The molecule has 1 aromatic carbocycles. The summed E-state index contributed by atoms with van der Waals surface area (Å²) in [4.78, 5) is 16.7. The second kappa shape index (κ2) is 5.33. The molecule has 21 heavy (non-hydrogen) atoms. The molecule has 0 amide bonds. The minimum absolute atomic E-state index is 0.109. The van der Waals surface area contributed by atoms with Crippen LogP contribution in [0.5, 0.6) is 5.75 Å². The maximum atomic E-state index is 12.4. The first-order chi connectivity index (χ1) is 10.1. The molecule has 0 aliphatic heterocycles. The number of rotatable bonds is 3. The van der Waals surface area contributed by atoms with Crippen LogP contribution in [0.3, 0.4) is 0 Å². The molecule has 0 atom stereocenters. The van der Waals surface area contributed by atoms with Gasteiger partial charge < -0.3 is 4.74 Å². The highest BCUT2D eigenvalue weighted by Gasteiger charge is 2.10. The van der Waals surface area contributed by atoms with Gasteiger partial charge in [0.25, 0.3) is 5.56 Å². The van der Waals surface area contributed by atoms with Gasteiger partial charge >= 0.3 is 0 Å². The third-order valence-electron chi connectivity index (χ3n) is 3.31. The average Bonchev–Trinajstić information content (AvgIpc) is 2.86. The maximum Gasteiger partial charge on any atom is 0.264 e. The zero-order valence-corrected chi connectivity index (χ0v) is 13.2. The van der Waals surface area contributed by atoms with E-state index in [4.69, 9.17) is 4.74 Å². The number of nitrogens with zero attached hydrogens (tertiary/aromatic N) is 4. The Kier molecular flexibility index (Phi) is 3.50. The van der Waals surface area contributed by atoms with E-state index < -0.39 is 0 Å². The van der Waals surface area contributed by atoms with Crippen molar-refractivity contribution in [3.63, 3.8) is 0 Å². The largest absolute Gasteiger partial charge is 0.497 e. The van der Waals surface area contributed by atoms with E-state index in [2.05, 4.69) is 26.0 Å². The second-order valence-corrected chi connectivity index (χ2v) is 5.49. The van der Waals surface area contributed by atoms with Crippen LogP contribution in [-0.2, 0) is 13.6 Å². The number of fused-ring (bicyclic) bond motifs is 1. The van der Waals surface area contributed by atoms with E-state index in [0.717, 1.165) is 15.8 Å². The Bertz CT molecular complexity index is 869. The van der Waals surface area contributed by atoms with Crippen molar-refractivity contribution in [3.8, 4) is 5.75 Å². The average molecular weight is 349 g/mol. The summed E-state index contributed by atoms with van der Waals surface area (Å²) < 4.78 is 9.28. The predicted molar refractivity (Wildman–Crippen MR) is 82.6 cm³/mol. The number of halogens is 1. The van der Waals surface area contributed by atoms with E-state index in [0.29, 0.717) is 17.6 Å². The lowest BCUT2D eigenvalue weighted by Crippen LogP contribution is -2.21. The monoisotopic (exact) mass is 348 g/mol. The Morgan fingerprint density at radius 1 is 1.38 bits per heavy atom. The molecule has 0 radical (unpaired) electrons. The molecule has 0 saturated carbocycles. The van der Waals surface area contributed by atoms with Gasteiger partial charge in [0.05, 0.1) is 19.9 Å². The first-order valence-electron chi connectivity index (χ1n) is 6.29. The van der Waals surface area contributed by atoms with Gasteiger partial charge in [-0.2, -0.15) is 5.10 Å². The number of hydrogen-bond donors (Lipinski definition) is 0. The third-order valence-corrected chi connectivity index (χ3v) is 4.09. The number of benzene rings is 1. The standard InChI is InChI=1S/C14H13BrN4O2/c1-18-13-11(6-17-18)14(20)19(8-16-13)7-9-5-10(21-2)3-4-12(9)15/h3-6,8H,7H2,1-2H3. The van der Waals surface area contributed by atoms with Crippen molar-refractivity contribution in [2.75, 3.05) is 7.11 Å². The maximum absolute atomic E-state index is 12.4. The second-order valence-electron chi connectivity index (χ2n) is 4.64. The highest BCUT2D eigenvalue weighted by Crippen LogP contribution is 2.23. The van der Waals surface area contributed by atoms with Gasteiger partial charge in [0.1, 0.15) is 17.5 Å². The van der Waals surface area contributed by atoms with Gasteiger partial charge in [-0.15, -0.1) is 0 Å². The van der Waals surface area contributed by atoms with Gasteiger partial charge in [-0.3, -0.25) is 14.0 Å². The summed E-state index contributed by atoms with van der Waals surface area (Å²) in [6, 6.07) is 5.65. The molecule has 108 valence electrons. The molecule has 2 aromatic heterocycles. The molecular formula is C14H13BrN4O2. The fraction of sp³-hybridized carbons (Fsp3) is 0.214. The van der Waals surface area contributed by atoms with Crippen LogP contribution in [-0.4, -0.2) is 26.4 Å². The zero-order chi connectivity index (χ0) is 15.0. The Labute approximate surface area is 129 Å². The van der Waals surface area contributed by atoms with Crippen LogP contribution in [0.1, 0.15) is 5.56 Å². The molecule has 0 saturated heterocycles. The summed E-state index contributed by atoms with van der Waals surface area (Å²) in [6.07, 6.45) is 3.08. The molecule has 2 heterocycles. The summed E-state index contributed by atoms with van der Waals surface area (Å²) >= 11 is 3.49. The fourth-order valence-corrected chi connectivity index (χ4v) is 2.53. The Morgan fingerprint density at radius 2 is 2.19 bits per heavy atom. The van der Waals surface area contributed by atoms with Crippen molar-refractivity contribution in [2.45, 2.75) is 6.54 Å². The zero-order valence-electron chi connectivity index (χ0n) is 11.6. The minimum Gasteiger partial charge on any atom is -0.497 e. The Balaban J connectivity index is 2.06. The molecule has 6 nitrogen and oxygen atoms in total. The molecule has 3 aromatic rings. The van der Waals surface area contributed by atoms with Gasteiger partial charge in [-0.05, 0) is 23.8 Å². The van der Waals surface area contributed by atoms with E-state index >= 15 is 0 Å². The Hall–Kier alpha value is -2.15. The van der Waals surface area contributed by atoms with Crippen molar-refractivity contribution < 1.29 is 4.74 Å². The van der Waals surface area contributed by atoms with E-state index in [9.17, 15) is 4.79 Å². The van der Waals surface area contributed by atoms with Gasteiger partial charge in [0.2, 0.25) is 0 Å². The third kappa shape index (κ3) is 2.44. The molecule has 0 fully saturated rings. The van der Waals surface area contributed by atoms with Crippen molar-refractivity contribution >= 4 is 27.0 Å². The summed E-state index contributed by atoms with van der Waals surface area (Å²) in [6.45, 7) is 0.411. The minimum atomic E-state index is -0.109. The fourth-order valence-electron chi connectivity index (χ4n) is 2.16. The Morgan fingerprint density at radius 3 is 2.95 bits per heavy atom. The van der Waals surface area contributed by atoms with Crippen molar-refractivity contribution in [1.82, 2.24) is 19.3 Å². The highest BCUT2D eigenvalue weighted by molar-refractivity contribution is 9.10. The molecule has 0 N–H and O–H groups in total. The highest BCUT2D eigenvalue weighted by atomic mass is 79.9. The molecule has 0 aliphatic carbocycles. The van der Waals surface area contributed by atoms with Crippen LogP contribution in [0.15, 0.2) is 40.0 Å². The molecule has 0 unspecified atom stereocenters. The normalized spacial score (nSPS) is 11.0. The van der Waals surface area contributed by atoms with Crippen LogP contribution in [0.25, 0.3) is 11.0 Å². The number of aryl methyl sites for hydroxylation is 1. The molecule has 3 rings (SSSR count). The topological polar surface area (TPSA) is 61.9 Å². The van der Waals surface area contributed by atoms with Crippen LogP contribution >= 0.6 is 15.9 Å². The lowest BCUT2D eigenvalue weighted by atomic mass is 10.2. The molecule has 7 heteroatoms. The summed E-state index contributed by atoms with van der Waals surface area (Å²) in [7, 11) is 3.38. The van der Waals surface area contributed by atoms with E-state index in [-0.39, 0.29) is 5.56 Å². The first kappa shape index (κ1) is 13.8. The lowest BCUT2D eigenvalue weighted by molar-refractivity contribution is 0.414. The van der Waals surface area contributed by atoms with Crippen molar-refractivity contribution in [1.29, 1.82) is 0 Å². The van der Waals surface area contributed by atoms with E-state index in [1.165, 1.54) is 6.33 Å². The predicted octanol–water partition coefficient (Wildman–Crippen LogP) is 1.95. The number of ether oxygens (including phenoxy) is 1. The first-order valence-corrected chi connectivity index (χ1v) is 7.09. The summed E-state index contributed by atoms with van der Waals surface area (Å²) in [5.74, 6) is 0.747. The lowest BCUT2D eigenvalue weighted by Gasteiger charge is -2.09. The van der Waals surface area contributed by atoms with Gasteiger partial charge in [-0.25, -0.2) is 4.98 Å². The van der Waals surface area contributed by atoms with Gasteiger partial charge in [0, 0.05) is 11.5 Å². The molecule has 0 bridgehead atoms. The number of aromatic nitrogens is 4. The molecular weight excluding hydrogens is 336 g/mol. The van der Waals surface area contributed by atoms with E-state index in [1.807, 2.05) is 18.2 Å². The smallest absolute Gasteiger partial charge is 0.264 e. The SMILES string of the molecule is COc1ccc(Br)c(Cn2cnc3c(cnn3C)c2=O)c1. The van der Waals surface area contributed by atoms with Crippen LogP contribution < -0.4 is 10.3 Å². The molecule has 0 aliphatic rings. The summed E-state index contributed by atoms with van der Waals surface area (Å²) in [5.41, 5.74) is 1.42. The van der Waals surface area contributed by atoms with Crippen LogP contribution in [0.4, 0.5) is 0 Å². The number of hydrogen-bond acceptors (Lipinski definition) is 4. The van der Waals surface area contributed by atoms with Crippen LogP contribution in [0.2, 0.25) is 0 Å².